The minimum absolute atomic E-state index is 0.329. The lowest BCUT2D eigenvalue weighted by Gasteiger charge is -2.20. The van der Waals surface area contributed by atoms with Gasteiger partial charge in [-0.15, -0.1) is 0 Å². The summed E-state index contributed by atoms with van der Waals surface area (Å²) in [5, 5.41) is 3.28. The van der Waals surface area contributed by atoms with Gasteiger partial charge in [-0.3, -0.25) is 9.36 Å². The summed E-state index contributed by atoms with van der Waals surface area (Å²) in [5.41, 5.74) is 1.72. The molecule has 0 spiro atoms. The molecular formula is C15H21N3O4S. The molecular weight excluding hydrogens is 318 g/mol. The van der Waals surface area contributed by atoms with Crippen molar-refractivity contribution in [3.05, 3.63) is 34.8 Å². The number of aryl methyl sites for hydroxylation is 2. The molecule has 0 unspecified atom stereocenters. The van der Waals surface area contributed by atoms with Gasteiger partial charge in [0.25, 0.3) is 5.91 Å². The molecule has 0 saturated heterocycles. The van der Waals surface area contributed by atoms with Crippen LogP contribution >= 0.6 is 0 Å². The molecule has 0 N–H and O–H groups in total. The first-order valence-electron chi connectivity index (χ1n) is 7.22. The minimum Gasteiger partial charge on any atom is -0.360 e. The fourth-order valence-electron chi connectivity index (χ4n) is 2.39. The number of carbonyl (C=O) groups is 1. The molecule has 0 aliphatic rings. The predicted octanol–water partition coefficient (Wildman–Crippen LogP) is 2.20. The van der Waals surface area contributed by atoms with Crippen LogP contribution < -0.4 is 0 Å². The molecule has 0 fully saturated rings. The molecule has 1 amide bonds. The normalized spacial score (nSPS) is 12.0. The maximum atomic E-state index is 12.6. The van der Waals surface area contributed by atoms with Crippen LogP contribution in [-0.2, 0) is 10.0 Å². The van der Waals surface area contributed by atoms with Crippen molar-refractivity contribution in [1.82, 2.24) is 14.0 Å². The van der Waals surface area contributed by atoms with Crippen molar-refractivity contribution in [3.8, 4) is 5.82 Å². The number of amides is 1. The van der Waals surface area contributed by atoms with Gasteiger partial charge in [-0.2, -0.15) is 0 Å². The van der Waals surface area contributed by atoms with Crippen LogP contribution in [0.3, 0.4) is 0 Å². The van der Waals surface area contributed by atoms with E-state index in [1.807, 2.05) is 6.92 Å². The number of rotatable bonds is 4. The summed E-state index contributed by atoms with van der Waals surface area (Å²) in [5.74, 6) is 0.657. The van der Waals surface area contributed by atoms with Crippen LogP contribution in [0.15, 0.2) is 16.7 Å². The van der Waals surface area contributed by atoms with Crippen LogP contribution in [0.5, 0.6) is 0 Å². The molecule has 0 aromatic carbocycles. The highest BCUT2D eigenvalue weighted by molar-refractivity contribution is 7.90. The molecule has 23 heavy (non-hydrogen) atoms. The summed E-state index contributed by atoms with van der Waals surface area (Å²) in [7, 11) is -2.38. The monoisotopic (exact) mass is 339 g/mol. The number of carbonyl (C=O) groups excluding carboxylic acids is 1. The van der Waals surface area contributed by atoms with Crippen molar-refractivity contribution < 1.29 is 17.7 Å². The largest absolute Gasteiger partial charge is 0.360 e. The summed E-state index contributed by atoms with van der Waals surface area (Å²) in [6.07, 6.45) is 0. The van der Waals surface area contributed by atoms with E-state index >= 15 is 0 Å². The van der Waals surface area contributed by atoms with Crippen LogP contribution in [0.25, 0.3) is 5.82 Å². The summed E-state index contributed by atoms with van der Waals surface area (Å²) < 4.78 is 32.0. The van der Waals surface area contributed by atoms with Gasteiger partial charge in [-0.1, -0.05) is 5.16 Å². The van der Waals surface area contributed by atoms with Crippen molar-refractivity contribution in [2.75, 3.05) is 7.05 Å². The first kappa shape index (κ1) is 17.3. The SMILES string of the molecule is Cc1cc(-n2c(C)cc(C(=O)N(C)S(=O)(=O)C(C)C)c2C)no1. The summed E-state index contributed by atoms with van der Waals surface area (Å²) >= 11 is 0. The van der Waals surface area contributed by atoms with Gasteiger partial charge in [0.2, 0.25) is 10.0 Å². The third kappa shape index (κ3) is 2.90. The predicted molar refractivity (Wildman–Crippen MR) is 86.2 cm³/mol. The Labute approximate surface area is 135 Å². The molecule has 126 valence electrons. The van der Waals surface area contributed by atoms with E-state index in [0.717, 1.165) is 10.00 Å². The Hall–Kier alpha value is -2.09. The molecule has 0 aliphatic carbocycles. The topological polar surface area (TPSA) is 85.4 Å². The van der Waals surface area contributed by atoms with Crippen LogP contribution in [-0.4, -0.2) is 40.7 Å². The quantitative estimate of drug-likeness (QED) is 0.852. The highest BCUT2D eigenvalue weighted by atomic mass is 32.2. The third-order valence-electron chi connectivity index (χ3n) is 3.77. The maximum Gasteiger partial charge on any atom is 0.268 e. The van der Waals surface area contributed by atoms with E-state index in [-0.39, 0.29) is 0 Å². The number of hydrogen-bond acceptors (Lipinski definition) is 5. The Bertz CT molecular complexity index is 846. The molecule has 2 aromatic heterocycles. The zero-order chi connectivity index (χ0) is 17.5. The molecule has 0 aliphatic heterocycles. The van der Waals surface area contributed by atoms with Gasteiger partial charge in [-0.25, -0.2) is 12.7 Å². The number of nitrogens with zero attached hydrogens (tertiary/aromatic N) is 3. The Kier molecular flexibility index (Phi) is 4.39. The number of aromatic nitrogens is 2. The third-order valence-corrected chi connectivity index (χ3v) is 5.89. The molecule has 7 nitrogen and oxygen atoms in total. The van der Waals surface area contributed by atoms with Crippen molar-refractivity contribution in [2.24, 2.45) is 0 Å². The first-order valence-corrected chi connectivity index (χ1v) is 8.72. The molecule has 0 atom stereocenters. The highest BCUT2D eigenvalue weighted by Gasteiger charge is 2.30. The minimum atomic E-state index is -3.66. The van der Waals surface area contributed by atoms with E-state index in [1.165, 1.54) is 7.05 Å². The van der Waals surface area contributed by atoms with Crippen molar-refractivity contribution >= 4 is 15.9 Å². The van der Waals surface area contributed by atoms with Crippen LogP contribution in [0.4, 0.5) is 0 Å². The number of hydrogen-bond donors (Lipinski definition) is 0. The van der Waals surface area contributed by atoms with Gasteiger partial charge in [0, 0.05) is 24.5 Å². The van der Waals surface area contributed by atoms with Gasteiger partial charge in [0.1, 0.15) is 5.76 Å². The smallest absolute Gasteiger partial charge is 0.268 e. The molecule has 8 heteroatoms. The molecule has 0 radical (unpaired) electrons. The molecule has 2 heterocycles. The molecule has 2 aromatic rings. The Morgan fingerprint density at radius 3 is 2.35 bits per heavy atom. The fourth-order valence-corrected chi connectivity index (χ4v) is 3.35. The van der Waals surface area contributed by atoms with Crippen LogP contribution in [0.1, 0.15) is 41.4 Å². The Morgan fingerprint density at radius 2 is 1.87 bits per heavy atom. The maximum absolute atomic E-state index is 12.6. The van der Waals surface area contributed by atoms with Crippen LogP contribution in [0.2, 0.25) is 0 Å². The van der Waals surface area contributed by atoms with E-state index in [1.54, 1.807) is 44.4 Å². The molecule has 0 bridgehead atoms. The van der Waals surface area contributed by atoms with E-state index < -0.39 is 21.2 Å². The zero-order valence-corrected chi connectivity index (χ0v) is 14.9. The van der Waals surface area contributed by atoms with E-state index in [9.17, 15) is 13.2 Å². The summed E-state index contributed by atoms with van der Waals surface area (Å²) in [6.45, 7) is 8.44. The lowest BCUT2D eigenvalue weighted by Crippen LogP contribution is -2.38. The molecule has 0 saturated carbocycles. The van der Waals surface area contributed by atoms with E-state index in [4.69, 9.17) is 4.52 Å². The van der Waals surface area contributed by atoms with E-state index in [0.29, 0.717) is 22.8 Å². The summed E-state index contributed by atoms with van der Waals surface area (Å²) in [4.78, 5) is 12.6. The zero-order valence-electron chi connectivity index (χ0n) is 14.1. The second kappa shape index (κ2) is 5.84. The van der Waals surface area contributed by atoms with E-state index in [2.05, 4.69) is 5.16 Å². The van der Waals surface area contributed by atoms with Gasteiger partial charge in [0.15, 0.2) is 5.82 Å². The van der Waals surface area contributed by atoms with Crippen molar-refractivity contribution in [2.45, 2.75) is 39.9 Å². The van der Waals surface area contributed by atoms with Gasteiger partial charge in [-0.05, 0) is 40.7 Å². The van der Waals surface area contributed by atoms with Crippen LogP contribution in [0, 0.1) is 20.8 Å². The van der Waals surface area contributed by atoms with Gasteiger partial charge >= 0.3 is 0 Å². The standard InChI is InChI=1S/C15H21N3O4S/c1-9(2)23(20,21)17(6)15(19)13-7-10(3)18(12(13)5)14-8-11(4)22-16-14/h7-9H,1-6H3. The molecule has 2 rings (SSSR count). The second-order valence-electron chi connectivity index (χ2n) is 5.78. The average molecular weight is 339 g/mol. The van der Waals surface area contributed by atoms with Crippen molar-refractivity contribution in [1.29, 1.82) is 0 Å². The van der Waals surface area contributed by atoms with Gasteiger partial charge in [0.05, 0.1) is 10.8 Å². The average Bonchev–Trinajstić information content (AvgIpc) is 3.00. The Balaban J connectivity index is 2.48. The first-order chi connectivity index (χ1) is 10.6. The second-order valence-corrected chi connectivity index (χ2v) is 8.30. The lowest BCUT2D eigenvalue weighted by molar-refractivity contribution is 0.0881. The summed E-state index contributed by atoms with van der Waals surface area (Å²) in [6, 6.07) is 3.41. The fraction of sp³-hybridized carbons (Fsp3) is 0.467. The Morgan fingerprint density at radius 1 is 1.26 bits per heavy atom. The van der Waals surface area contributed by atoms with Gasteiger partial charge < -0.3 is 4.52 Å². The van der Waals surface area contributed by atoms with Crippen molar-refractivity contribution in [3.63, 3.8) is 0 Å². The number of sulfonamides is 1. The lowest BCUT2D eigenvalue weighted by atomic mass is 10.2. The highest BCUT2D eigenvalue weighted by Crippen LogP contribution is 2.23.